The number of rotatable bonds is 4. The van der Waals surface area contributed by atoms with Crippen LogP contribution in [0.5, 0.6) is 0 Å². The van der Waals surface area contributed by atoms with Gasteiger partial charge in [-0.15, -0.1) is 0 Å². The highest BCUT2D eigenvalue weighted by atomic mass is 16.1. The van der Waals surface area contributed by atoms with E-state index in [9.17, 15) is 4.79 Å². The molecule has 1 aliphatic rings. The predicted octanol–water partition coefficient (Wildman–Crippen LogP) is 1.95. The molecule has 0 radical (unpaired) electrons. The highest BCUT2D eigenvalue weighted by Gasteiger charge is 2.24. The number of anilines is 1. The standard InChI is InChI=1S/C16H17N5O/c1-20(10-11-7-8-11)16-18-14-13(15(22)19-16)9-17-21(14)12-5-3-2-4-6-12/h2-6,9,11H,7-8,10H2,1H3,(H,18,19,22). The van der Waals surface area contributed by atoms with Crippen molar-refractivity contribution in [3.05, 3.63) is 46.9 Å². The van der Waals surface area contributed by atoms with Gasteiger partial charge in [0.05, 0.1) is 11.9 Å². The molecule has 1 N–H and O–H groups in total. The molecule has 2 heterocycles. The fourth-order valence-corrected chi connectivity index (χ4v) is 2.62. The molecule has 1 fully saturated rings. The van der Waals surface area contributed by atoms with Gasteiger partial charge in [-0.25, -0.2) is 4.68 Å². The first kappa shape index (κ1) is 13.1. The van der Waals surface area contributed by atoms with Crippen LogP contribution in [0.2, 0.25) is 0 Å². The zero-order valence-electron chi connectivity index (χ0n) is 12.4. The van der Waals surface area contributed by atoms with Gasteiger partial charge in [0, 0.05) is 13.6 Å². The molecule has 0 spiro atoms. The number of para-hydroxylation sites is 1. The topological polar surface area (TPSA) is 66.8 Å². The Morgan fingerprint density at radius 3 is 2.82 bits per heavy atom. The minimum atomic E-state index is -0.148. The third kappa shape index (κ3) is 2.26. The monoisotopic (exact) mass is 295 g/mol. The van der Waals surface area contributed by atoms with Crippen LogP contribution in [-0.2, 0) is 0 Å². The smallest absolute Gasteiger partial charge is 0.263 e. The van der Waals surface area contributed by atoms with E-state index in [1.807, 2.05) is 42.3 Å². The lowest BCUT2D eigenvalue weighted by Gasteiger charge is -2.17. The molecule has 6 heteroatoms. The Morgan fingerprint density at radius 1 is 1.32 bits per heavy atom. The van der Waals surface area contributed by atoms with Crippen LogP contribution in [0.15, 0.2) is 41.3 Å². The van der Waals surface area contributed by atoms with Crippen LogP contribution in [0.4, 0.5) is 5.95 Å². The molecule has 1 saturated carbocycles. The molecule has 1 aromatic carbocycles. The first-order valence-corrected chi connectivity index (χ1v) is 7.47. The average molecular weight is 295 g/mol. The van der Waals surface area contributed by atoms with Crippen molar-refractivity contribution < 1.29 is 0 Å². The van der Waals surface area contributed by atoms with E-state index < -0.39 is 0 Å². The molecular formula is C16H17N5O. The third-order valence-corrected chi connectivity index (χ3v) is 4.02. The molecule has 1 aliphatic carbocycles. The summed E-state index contributed by atoms with van der Waals surface area (Å²) >= 11 is 0. The number of fused-ring (bicyclic) bond motifs is 1. The van der Waals surface area contributed by atoms with Crippen molar-refractivity contribution in [2.75, 3.05) is 18.5 Å². The van der Waals surface area contributed by atoms with E-state index in [2.05, 4.69) is 15.1 Å². The Hall–Kier alpha value is -2.63. The number of hydrogen-bond donors (Lipinski definition) is 1. The zero-order chi connectivity index (χ0) is 15.1. The molecule has 6 nitrogen and oxygen atoms in total. The molecular weight excluding hydrogens is 278 g/mol. The Kier molecular flexibility index (Phi) is 2.96. The van der Waals surface area contributed by atoms with Gasteiger partial charge in [-0.2, -0.15) is 10.1 Å². The quantitative estimate of drug-likeness (QED) is 0.799. The van der Waals surface area contributed by atoms with Crippen molar-refractivity contribution in [1.29, 1.82) is 0 Å². The summed E-state index contributed by atoms with van der Waals surface area (Å²) in [5, 5.41) is 4.82. The van der Waals surface area contributed by atoms with E-state index in [-0.39, 0.29) is 5.56 Å². The van der Waals surface area contributed by atoms with Gasteiger partial charge in [0.15, 0.2) is 5.65 Å². The molecule has 0 saturated heterocycles. The third-order valence-electron chi connectivity index (χ3n) is 4.02. The second kappa shape index (κ2) is 4.98. The normalized spacial score (nSPS) is 14.4. The summed E-state index contributed by atoms with van der Waals surface area (Å²) in [5.74, 6) is 1.33. The van der Waals surface area contributed by atoms with Gasteiger partial charge in [-0.05, 0) is 30.9 Å². The van der Waals surface area contributed by atoms with E-state index in [1.165, 1.54) is 12.8 Å². The van der Waals surface area contributed by atoms with Gasteiger partial charge in [-0.3, -0.25) is 9.78 Å². The highest BCUT2D eigenvalue weighted by Crippen LogP contribution is 2.30. The molecule has 3 aromatic rings. The number of nitrogens with one attached hydrogen (secondary N) is 1. The van der Waals surface area contributed by atoms with E-state index >= 15 is 0 Å². The summed E-state index contributed by atoms with van der Waals surface area (Å²) in [6, 6.07) is 9.72. The van der Waals surface area contributed by atoms with Gasteiger partial charge in [-0.1, -0.05) is 18.2 Å². The van der Waals surface area contributed by atoms with Crippen molar-refractivity contribution >= 4 is 17.0 Å². The maximum Gasteiger partial charge on any atom is 0.263 e. The summed E-state index contributed by atoms with van der Waals surface area (Å²) in [5.41, 5.74) is 1.34. The fraction of sp³-hybridized carbons (Fsp3) is 0.312. The van der Waals surface area contributed by atoms with Crippen LogP contribution in [-0.4, -0.2) is 33.3 Å². The second-order valence-electron chi connectivity index (χ2n) is 5.84. The molecule has 22 heavy (non-hydrogen) atoms. The lowest BCUT2D eigenvalue weighted by atomic mass is 10.3. The molecule has 4 rings (SSSR count). The molecule has 0 atom stereocenters. The van der Waals surface area contributed by atoms with Crippen molar-refractivity contribution in [2.45, 2.75) is 12.8 Å². The van der Waals surface area contributed by atoms with Gasteiger partial charge in [0.25, 0.3) is 5.56 Å². The molecule has 0 aliphatic heterocycles. The summed E-state index contributed by atoms with van der Waals surface area (Å²) in [4.78, 5) is 21.8. The fourth-order valence-electron chi connectivity index (χ4n) is 2.62. The number of nitrogens with zero attached hydrogens (tertiary/aromatic N) is 4. The molecule has 0 unspecified atom stereocenters. The molecule has 0 amide bonds. The van der Waals surface area contributed by atoms with Gasteiger partial charge in [0.1, 0.15) is 5.39 Å². The minimum absolute atomic E-state index is 0.148. The van der Waals surface area contributed by atoms with Crippen molar-refractivity contribution in [1.82, 2.24) is 19.7 Å². The lowest BCUT2D eigenvalue weighted by molar-refractivity contribution is 0.762. The lowest BCUT2D eigenvalue weighted by Crippen LogP contribution is -2.25. The molecule has 112 valence electrons. The summed E-state index contributed by atoms with van der Waals surface area (Å²) < 4.78 is 1.71. The molecule has 2 aromatic heterocycles. The SMILES string of the molecule is CN(CC1CC1)c1nc2c(cnn2-c2ccccc2)c(=O)[nH]1. The van der Waals surface area contributed by atoms with E-state index in [1.54, 1.807) is 10.9 Å². The second-order valence-corrected chi connectivity index (χ2v) is 5.84. The first-order chi connectivity index (χ1) is 10.7. The summed E-state index contributed by atoms with van der Waals surface area (Å²) in [7, 11) is 1.96. The summed E-state index contributed by atoms with van der Waals surface area (Å²) in [6.45, 7) is 0.925. The summed E-state index contributed by atoms with van der Waals surface area (Å²) in [6.07, 6.45) is 4.09. The van der Waals surface area contributed by atoms with Crippen molar-refractivity contribution in [3.8, 4) is 5.69 Å². The largest absolute Gasteiger partial charge is 0.345 e. The highest BCUT2D eigenvalue weighted by molar-refractivity contribution is 5.76. The van der Waals surface area contributed by atoms with Crippen LogP contribution in [0.1, 0.15) is 12.8 Å². The maximum absolute atomic E-state index is 12.3. The number of H-pyrrole nitrogens is 1. The Balaban J connectivity index is 1.82. The number of hydrogen-bond acceptors (Lipinski definition) is 4. The maximum atomic E-state index is 12.3. The minimum Gasteiger partial charge on any atom is -0.345 e. The van der Waals surface area contributed by atoms with Crippen molar-refractivity contribution in [3.63, 3.8) is 0 Å². The molecule has 0 bridgehead atoms. The predicted molar refractivity (Wildman–Crippen MR) is 85.5 cm³/mol. The Bertz CT molecular complexity index is 863. The number of aromatic amines is 1. The van der Waals surface area contributed by atoms with E-state index in [0.717, 1.165) is 18.2 Å². The van der Waals surface area contributed by atoms with Gasteiger partial charge < -0.3 is 4.90 Å². The van der Waals surface area contributed by atoms with Crippen molar-refractivity contribution in [2.24, 2.45) is 5.92 Å². The van der Waals surface area contributed by atoms with Gasteiger partial charge in [0.2, 0.25) is 5.95 Å². The Morgan fingerprint density at radius 2 is 2.09 bits per heavy atom. The van der Waals surface area contributed by atoms with E-state index in [0.29, 0.717) is 17.0 Å². The van der Waals surface area contributed by atoms with Gasteiger partial charge >= 0.3 is 0 Å². The number of aromatic nitrogens is 4. The number of benzene rings is 1. The van der Waals surface area contributed by atoms with Crippen LogP contribution in [0.25, 0.3) is 16.7 Å². The first-order valence-electron chi connectivity index (χ1n) is 7.47. The average Bonchev–Trinajstić information content (AvgIpc) is 3.24. The van der Waals surface area contributed by atoms with Crippen LogP contribution in [0.3, 0.4) is 0 Å². The van der Waals surface area contributed by atoms with E-state index in [4.69, 9.17) is 0 Å². The zero-order valence-corrected chi connectivity index (χ0v) is 12.4. The Labute approximate surface area is 127 Å². The van der Waals surface area contributed by atoms with Crippen LogP contribution < -0.4 is 10.5 Å². The van der Waals surface area contributed by atoms with Crippen LogP contribution >= 0.6 is 0 Å². The van der Waals surface area contributed by atoms with Crippen LogP contribution in [0, 0.1) is 5.92 Å².